The molecule has 0 bridgehead atoms. The molecule has 1 heterocycles. The number of anilines is 1. The summed E-state index contributed by atoms with van der Waals surface area (Å²) in [6.07, 6.45) is 0.228. The highest BCUT2D eigenvalue weighted by Crippen LogP contribution is 2.33. The van der Waals surface area contributed by atoms with Crippen LogP contribution in [0, 0.1) is 0 Å². The Kier molecular flexibility index (Phi) is 8.27. The van der Waals surface area contributed by atoms with Crippen LogP contribution in [-0.4, -0.2) is 30.6 Å². The van der Waals surface area contributed by atoms with Crippen LogP contribution in [-0.2, 0) is 30.8 Å². The predicted octanol–water partition coefficient (Wildman–Crippen LogP) is 4.91. The molecule has 0 radical (unpaired) electrons. The van der Waals surface area contributed by atoms with Crippen LogP contribution in [0.15, 0.2) is 91.0 Å². The van der Waals surface area contributed by atoms with E-state index < -0.39 is 0 Å². The molecule has 0 spiro atoms. The summed E-state index contributed by atoms with van der Waals surface area (Å²) in [7, 11) is 1.61. The van der Waals surface area contributed by atoms with Crippen molar-refractivity contribution in [3.05, 3.63) is 119 Å². The lowest BCUT2D eigenvalue weighted by atomic mass is 10.1. The molecule has 4 aromatic carbocycles. The van der Waals surface area contributed by atoms with E-state index in [0.29, 0.717) is 42.4 Å². The summed E-state index contributed by atoms with van der Waals surface area (Å²) in [6, 6.07) is 28.0. The van der Waals surface area contributed by atoms with E-state index in [1.54, 1.807) is 30.2 Å². The number of benzene rings is 4. The normalized spacial score (nSPS) is 11.7. The first-order chi connectivity index (χ1) is 19.5. The number of para-hydroxylation sites is 1. The second-order valence-corrected chi connectivity index (χ2v) is 9.48. The summed E-state index contributed by atoms with van der Waals surface area (Å²) in [4.78, 5) is 28.6. The fraction of sp³-hybridized carbons (Fsp3) is 0.188. The van der Waals surface area contributed by atoms with Gasteiger partial charge in [-0.1, -0.05) is 54.6 Å². The third-order valence-electron chi connectivity index (χ3n) is 6.73. The number of hydrogen-bond acceptors (Lipinski definition) is 6. The maximum atomic E-state index is 13.7. The number of carbonyl (C=O) groups excluding carboxylic acids is 2. The zero-order valence-corrected chi connectivity index (χ0v) is 22.3. The lowest BCUT2D eigenvalue weighted by molar-refractivity contribution is -0.131. The maximum Gasteiger partial charge on any atom is 0.255 e. The largest absolute Gasteiger partial charge is 0.497 e. The average Bonchev–Trinajstić information content (AvgIpc) is 3.46. The third-order valence-corrected chi connectivity index (χ3v) is 6.73. The van der Waals surface area contributed by atoms with Crippen molar-refractivity contribution in [2.24, 2.45) is 5.73 Å². The minimum atomic E-state index is -0.280. The first-order valence-corrected chi connectivity index (χ1v) is 13.0. The van der Waals surface area contributed by atoms with Crippen LogP contribution >= 0.6 is 0 Å². The zero-order chi connectivity index (χ0) is 27.9. The van der Waals surface area contributed by atoms with Crippen LogP contribution < -0.4 is 25.3 Å². The van der Waals surface area contributed by atoms with Crippen LogP contribution in [0.1, 0.15) is 32.6 Å². The second-order valence-electron chi connectivity index (χ2n) is 9.48. The molecule has 2 amide bonds. The Bertz CT molecular complexity index is 1500. The van der Waals surface area contributed by atoms with Crippen LogP contribution in [0.3, 0.4) is 0 Å². The predicted molar refractivity (Wildman–Crippen MR) is 152 cm³/mol. The van der Waals surface area contributed by atoms with Crippen LogP contribution in [0.5, 0.6) is 17.2 Å². The van der Waals surface area contributed by atoms with E-state index in [9.17, 15) is 9.59 Å². The van der Waals surface area contributed by atoms with Crippen LogP contribution in [0.2, 0.25) is 0 Å². The number of nitrogens with two attached hydrogens (primary N) is 1. The van der Waals surface area contributed by atoms with Gasteiger partial charge in [0.2, 0.25) is 12.7 Å². The van der Waals surface area contributed by atoms with Gasteiger partial charge in [-0.15, -0.1) is 0 Å². The first kappa shape index (κ1) is 26.8. The lowest BCUT2D eigenvalue weighted by Gasteiger charge is -2.25. The van der Waals surface area contributed by atoms with Gasteiger partial charge in [0.25, 0.3) is 5.91 Å². The molecule has 0 aromatic heterocycles. The van der Waals surface area contributed by atoms with Crippen molar-refractivity contribution in [2.45, 2.75) is 26.1 Å². The van der Waals surface area contributed by atoms with E-state index in [2.05, 4.69) is 5.32 Å². The number of methoxy groups -OCH3 is 1. The SMILES string of the molecule is COc1ccc(CC(=O)N(Cc2cccc(CN)c2)Cc2ccccc2NC(=O)c2ccc3c(c2)OCO3)cc1. The Balaban J connectivity index is 1.38. The number of carbonyl (C=O) groups is 2. The van der Waals surface area contributed by atoms with Gasteiger partial charge in [0, 0.05) is 30.9 Å². The summed E-state index contributed by atoms with van der Waals surface area (Å²) in [6.45, 7) is 1.26. The summed E-state index contributed by atoms with van der Waals surface area (Å²) in [5.41, 5.74) is 10.6. The van der Waals surface area contributed by atoms with Crippen molar-refractivity contribution in [3.8, 4) is 17.2 Å². The Morgan fingerprint density at radius 2 is 1.62 bits per heavy atom. The molecule has 40 heavy (non-hydrogen) atoms. The van der Waals surface area contributed by atoms with Gasteiger partial charge < -0.3 is 30.2 Å². The van der Waals surface area contributed by atoms with Gasteiger partial charge >= 0.3 is 0 Å². The van der Waals surface area contributed by atoms with E-state index in [1.807, 2.05) is 72.8 Å². The van der Waals surface area contributed by atoms with Gasteiger partial charge in [0.05, 0.1) is 13.5 Å². The summed E-state index contributed by atoms with van der Waals surface area (Å²) in [5.74, 6) is 1.56. The molecular weight excluding hydrogens is 506 g/mol. The monoisotopic (exact) mass is 537 g/mol. The van der Waals surface area contributed by atoms with Crippen molar-refractivity contribution >= 4 is 17.5 Å². The van der Waals surface area contributed by atoms with Crippen molar-refractivity contribution in [1.29, 1.82) is 0 Å². The maximum absolute atomic E-state index is 13.7. The number of nitrogens with zero attached hydrogens (tertiary/aromatic N) is 1. The Morgan fingerprint density at radius 1 is 0.850 bits per heavy atom. The highest BCUT2D eigenvalue weighted by molar-refractivity contribution is 6.05. The Hall–Kier alpha value is -4.82. The molecule has 0 saturated carbocycles. The van der Waals surface area contributed by atoms with Gasteiger partial charge in [-0.3, -0.25) is 9.59 Å². The van der Waals surface area contributed by atoms with Gasteiger partial charge in [0.15, 0.2) is 11.5 Å². The number of hydrogen-bond donors (Lipinski definition) is 2. The van der Waals surface area contributed by atoms with Crippen LogP contribution in [0.4, 0.5) is 5.69 Å². The molecule has 1 aliphatic heterocycles. The van der Waals surface area contributed by atoms with Crippen molar-refractivity contribution in [2.75, 3.05) is 19.2 Å². The number of ether oxygens (including phenoxy) is 3. The fourth-order valence-electron chi connectivity index (χ4n) is 4.56. The molecule has 1 aliphatic rings. The topological polar surface area (TPSA) is 103 Å². The van der Waals surface area contributed by atoms with E-state index in [1.165, 1.54) is 0 Å². The van der Waals surface area contributed by atoms with Gasteiger partial charge in [-0.2, -0.15) is 0 Å². The van der Waals surface area contributed by atoms with E-state index in [0.717, 1.165) is 28.0 Å². The third kappa shape index (κ3) is 6.42. The van der Waals surface area contributed by atoms with Crippen molar-refractivity contribution < 1.29 is 23.8 Å². The molecule has 0 saturated heterocycles. The highest BCUT2D eigenvalue weighted by atomic mass is 16.7. The Labute approximate surface area is 233 Å². The highest BCUT2D eigenvalue weighted by Gasteiger charge is 2.20. The minimum Gasteiger partial charge on any atom is -0.497 e. The molecular formula is C32H31N3O5. The molecule has 8 nitrogen and oxygen atoms in total. The number of rotatable bonds is 10. The molecule has 0 atom stereocenters. The van der Waals surface area contributed by atoms with Crippen molar-refractivity contribution in [1.82, 2.24) is 4.90 Å². The van der Waals surface area contributed by atoms with Gasteiger partial charge in [0.1, 0.15) is 5.75 Å². The van der Waals surface area contributed by atoms with E-state index in [-0.39, 0.29) is 25.0 Å². The number of nitrogens with one attached hydrogen (secondary N) is 1. The molecule has 0 unspecified atom stereocenters. The van der Waals surface area contributed by atoms with Crippen LogP contribution in [0.25, 0.3) is 0 Å². The zero-order valence-electron chi connectivity index (χ0n) is 22.3. The molecule has 204 valence electrons. The molecule has 0 aliphatic carbocycles. The van der Waals surface area contributed by atoms with Crippen molar-refractivity contribution in [3.63, 3.8) is 0 Å². The molecule has 8 heteroatoms. The average molecular weight is 538 g/mol. The summed E-state index contributed by atoms with van der Waals surface area (Å²) in [5, 5.41) is 3.00. The van der Waals surface area contributed by atoms with Gasteiger partial charge in [-0.25, -0.2) is 0 Å². The quantitative estimate of drug-likeness (QED) is 0.298. The molecule has 3 N–H and O–H groups in total. The fourth-order valence-corrected chi connectivity index (χ4v) is 4.56. The molecule has 0 fully saturated rings. The first-order valence-electron chi connectivity index (χ1n) is 13.0. The standard InChI is InChI=1S/C32H31N3O5/c1-38-27-12-9-22(10-13-27)16-31(36)35(19-24-6-4-5-23(15-24)18-33)20-26-7-2-3-8-28(26)34-32(37)25-11-14-29-30(17-25)40-21-39-29/h2-15,17H,16,18-21,33H2,1H3,(H,34,37). The molecule has 5 rings (SSSR count). The Morgan fingerprint density at radius 3 is 2.42 bits per heavy atom. The second kappa shape index (κ2) is 12.4. The van der Waals surface area contributed by atoms with E-state index >= 15 is 0 Å². The summed E-state index contributed by atoms with van der Waals surface area (Å²) >= 11 is 0. The molecule has 4 aromatic rings. The number of amides is 2. The lowest BCUT2D eigenvalue weighted by Crippen LogP contribution is -2.32. The summed E-state index contributed by atoms with van der Waals surface area (Å²) < 4.78 is 16.0. The number of fused-ring (bicyclic) bond motifs is 1. The van der Waals surface area contributed by atoms with Gasteiger partial charge in [-0.05, 0) is 58.7 Å². The smallest absolute Gasteiger partial charge is 0.255 e. The minimum absolute atomic E-state index is 0.0415. The van der Waals surface area contributed by atoms with E-state index in [4.69, 9.17) is 19.9 Å².